The van der Waals surface area contributed by atoms with Crippen molar-refractivity contribution < 1.29 is 9.53 Å². The summed E-state index contributed by atoms with van der Waals surface area (Å²) < 4.78 is 6.89. The van der Waals surface area contributed by atoms with E-state index in [0.29, 0.717) is 17.8 Å². The van der Waals surface area contributed by atoms with Gasteiger partial charge in [-0.1, -0.05) is 12.1 Å². The molecule has 0 saturated carbocycles. The maximum atomic E-state index is 11.9. The molecular weight excluding hydrogens is 230 g/mol. The number of hydrogen-bond acceptors (Lipinski definition) is 4. The first-order valence-corrected chi connectivity index (χ1v) is 5.68. The van der Waals surface area contributed by atoms with Gasteiger partial charge in [0.05, 0.1) is 12.1 Å². The van der Waals surface area contributed by atoms with Gasteiger partial charge < -0.3 is 10.5 Å². The van der Waals surface area contributed by atoms with Gasteiger partial charge in [0.1, 0.15) is 6.61 Å². The maximum Gasteiger partial charge on any atom is 0.340 e. The highest BCUT2D eigenvalue weighted by Crippen LogP contribution is 2.17. The van der Waals surface area contributed by atoms with Crippen LogP contribution in [0.25, 0.3) is 0 Å². The molecule has 2 rings (SSSR count). The van der Waals surface area contributed by atoms with Crippen molar-refractivity contribution in [3.8, 4) is 0 Å². The number of carbonyl (C=O) groups is 1. The number of rotatable bonds is 4. The smallest absolute Gasteiger partial charge is 0.340 e. The normalized spacial score (nSPS) is 10.3. The molecule has 5 heteroatoms. The van der Waals surface area contributed by atoms with E-state index in [9.17, 15) is 4.79 Å². The molecule has 18 heavy (non-hydrogen) atoms. The fraction of sp³-hybridized carbons (Fsp3) is 0.231. The zero-order chi connectivity index (χ0) is 13.0. The molecule has 0 unspecified atom stereocenters. The van der Waals surface area contributed by atoms with E-state index in [-0.39, 0.29) is 6.61 Å². The van der Waals surface area contributed by atoms with Gasteiger partial charge in [0.15, 0.2) is 0 Å². The van der Waals surface area contributed by atoms with Crippen LogP contribution >= 0.6 is 0 Å². The van der Waals surface area contributed by atoms with Gasteiger partial charge in [-0.05, 0) is 24.6 Å². The summed E-state index contributed by atoms with van der Waals surface area (Å²) >= 11 is 0. The van der Waals surface area contributed by atoms with Crippen LogP contribution in [0.5, 0.6) is 0 Å². The fourth-order valence-electron chi connectivity index (χ4n) is 1.71. The molecule has 0 aliphatic rings. The number of aromatic nitrogens is 2. The Bertz CT molecular complexity index is 515. The second kappa shape index (κ2) is 5.35. The Hall–Kier alpha value is -2.30. The Kier molecular flexibility index (Phi) is 3.62. The molecule has 0 radical (unpaired) electrons. The number of carbonyl (C=O) groups excluding carboxylic acids is 1. The number of esters is 1. The number of hydrogen-bond donors (Lipinski definition) is 1. The van der Waals surface area contributed by atoms with Crippen molar-refractivity contribution in [3.05, 3.63) is 47.8 Å². The third kappa shape index (κ3) is 2.68. The van der Waals surface area contributed by atoms with Crippen LogP contribution in [0.3, 0.4) is 0 Å². The fourth-order valence-corrected chi connectivity index (χ4v) is 1.71. The predicted octanol–water partition coefficient (Wildman–Crippen LogP) is 1.63. The molecule has 0 amide bonds. The van der Waals surface area contributed by atoms with E-state index in [1.54, 1.807) is 16.9 Å². The summed E-state index contributed by atoms with van der Waals surface area (Å²) in [7, 11) is 0. The molecule has 94 valence electrons. The third-order valence-electron chi connectivity index (χ3n) is 2.62. The number of nitrogens with zero attached hydrogens (tertiary/aromatic N) is 2. The second-order valence-electron chi connectivity index (χ2n) is 3.94. The second-order valence-corrected chi connectivity index (χ2v) is 3.94. The number of anilines is 1. The first-order chi connectivity index (χ1) is 8.68. The minimum Gasteiger partial charge on any atom is -0.460 e. The minimum atomic E-state index is -0.391. The maximum absolute atomic E-state index is 11.9. The summed E-state index contributed by atoms with van der Waals surface area (Å²) in [6, 6.07) is 7.16. The summed E-state index contributed by atoms with van der Waals surface area (Å²) in [5, 5.41) is 4.02. The van der Waals surface area contributed by atoms with Gasteiger partial charge in [0, 0.05) is 18.1 Å². The standard InChI is InChI=1S/C13H15N3O2/c1-10-4-2-5-11(14)12(10)13(17)18-9-8-16-7-3-6-15-16/h2-7H,8-9,14H2,1H3. The van der Waals surface area contributed by atoms with Gasteiger partial charge in [0.25, 0.3) is 0 Å². The van der Waals surface area contributed by atoms with Gasteiger partial charge in [0.2, 0.25) is 0 Å². The lowest BCUT2D eigenvalue weighted by Crippen LogP contribution is -2.14. The quantitative estimate of drug-likeness (QED) is 0.656. The van der Waals surface area contributed by atoms with Gasteiger partial charge in [-0.3, -0.25) is 4.68 Å². The average molecular weight is 245 g/mol. The summed E-state index contributed by atoms with van der Waals surface area (Å²) in [4.78, 5) is 11.9. The van der Waals surface area contributed by atoms with E-state index in [2.05, 4.69) is 5.10 Å². The number of aryl methyl sites for hydroxylation is 1. The summed E-state index contributed by atoms with van der Waals surface area (Å²) in [6.45, 7) is 2.64. The Balaban J connectivity index is 1.96. The Morgan fingerprint density at radius 3 is 2.94 bits per heavy atom. The molecule has 0 fully saturated rings. The van der Waals surface area contributed by atoms with Crippen LogP contribution in [0.15, 0.2) is 36.7 Å². The number of nitrogens with two attached hydrogens (primary N) is 1. The molecule has 0 atom stereocenters. The molecule has 2 aromatic rings. The Morgan fingerprint density at radius 1 is 1.44 bits per heavy atom. The topological polar surface area (TPSA) is 70.1 Å². The van der Waals surface area contributed by atoms with Crippen molar-refractivity contribution in [2.75, 3.05) is 12.3 Å². The Morgan fingerprint density at radius 2 is 2.28 bits per heavy atom. The SMILES string of the molecule is Cc1cccc(N)c1C(=O)OCCn1cccn1. The van der Waals surface area contributed by atoms with Gasteiger partial charge >= 0.3 is 5.97 Å². The van der Waals surface area contributed by atoms with Crippen molar-refractivity contribution in [2.45, 2.75) is 13.5 Å². The van der Waals surface area contributed by atoms with Crippen molar-refractivity contribution in [1.82, 2.24) is 9.78 Å². The lowest BCUT2D eigenvalue weighted by atomic mass is 10.1. The highest BCUT2D eigenvalue weighted by Gasteiger charge is 2.13. The zero-order valence-corrected chi connectivity index (χ0v) is 10.2. The predicted molar refractivity (Wildman–Crippen MR) is 68.1 cm³/mol. The first kappa shape index (κ1) is 12.2. The van der Waals surface area contributed by atoms with Crippen LogP contribution in [0.2, 0.25) is 0 Å². The molecule has 1 aromatic heterocycles. The van der Waals surface area contributed by atoms with Crippen molar-refractivity contribution in [2.24, 2.45) is 0 Å². The van der Waals surface area contributed by atoms with Crippen LogP contribution in [-0.2, 0) is 11.3 Å². The van der Waals surface area contributed by atoms with Crippen LogP contribution in [0, 0.1) is 6.92 Å². The number of nitrogen functional groups attached to an aromatic ring is 1. The molecule has 0 saturated heterocycles. The monoisotopic (exact) mass is 245 g/mol. The van der Waals surface area contributed by atoms with Crippen LogP contribution in [0.1, 0.15) is 15.9 Å². The van der Waals surface area contributed by atoms with E-state index in [4.69, 9.17) is 10.5 Å². The van der Waals surface area contributed by atoms with Gasteiger partial charge in [-0.15, -0.1) is 0 Å². The molecule has 0 aliphatic heterocycles. The van der Waals surface area contributed by atoms with E-state index in [0.717, 1.165) is 5.56 Å². The summed E-state index contributed by atoms with van der Waals surface area (Å²) in [5.74, 6) is -0.391. The van der Waals surface area contributed by atoms with E-state index in [1.807, 2.05) is 31.3 Å². The molecule has 0 aliphatic carbocycles. The largest absolute Gasteiger partial charge is 0.460 e. The lowest BCUT2D eigenvalue weighted by Gasteiger charge is -2.09. The Labute approximate surface area is 105 Å². The molecule has 0 bridgehead atoms. The van der Waals surface area contributed by atoms with Gasteiger partial charge in [-0.2, -0.15) is 5.10 Å². The van der Waals surface area contributed by atoms with Crippen molar-refractivity contribution in [1.29, 1.82) is 0 Å². The van der Waals surface area contributed by atoms with E-state index < -0.39 is 5.97 Å². The molecule has 1 heterocycles. The van der Waals surface area contributed by atoms with Crippen molar-refractivity contribution >= 4 is 11.7 Å². The third-order valence-corrected chi connectivity index (χ3v) is 2.62. The average Bonchev–Trinajstić information content (AvgIpc) is 2.82. The van der Waals surface area contributed by atoms with E-state index >= 15 is 0 Å². The summed E-state index contributed by atoms with van der Waals surface area (Å²) in [6.07, 6.45) is 3.50. The molecule has 1 aromatic carbocycles. The van der Waals surface area contributed by atoms with Gasteiger partial charge in [-0.25, -0.2) is 4.79 Å². The molecule has 5 nitrogen and oxygen atoms in total. The first-order valence-electron chi connectivity index (χ1n) is 5.68. The minimum absolute atomic E-state index is 0.272. The lowest BCUT2D eigenvalue weighted by molar-refractivity contribution is 0.0488. The summed E-state index contributed by atoms with van der Waals surface area (Å²) in [5.41, 5.74) is 7.47. The van der Waals surface area contributed by atoms with Crippen LogP contribution in [0.4, 0.5) is 5.69 Å². The number of benzene rings is 1. The highest BCUT2D eigenvalue weighted by atomic mass is 16.5. The van der Waals surface area contributed by atoms with Crippen LogP contribution in [-0.4, -0.2) is 22.4 Å². The van der Waals surface area contributed by atoms with Crippen LogP contribution < -0.4 is 5.73 Å². The van der Waals surface area contributed by atoms with E-state index in [1.165, 1.54) is 0 Å². The molecule has 0 spiro atoms. The zero-order valence-electron chi connectivity index (χ0n) is 10.2. The number of ether oxygens (including phenoxy) is 1. The van der Waals surface area contributed by atoms with Crippen molar-refractivity contribution in [3.63, 3.8) is 0 Å². The molecular formula is C13H15N3O2. The molecule has 2 N–H and O–H groups in total. The highest BCUT2D eigenvalue weighted by molar-refractivity contribution is 5.96.